The topological polar surface area (TPSA) is 32.7 Å². The fourth-order valence-corrected chi connectivity index (χ4v) is 5.39. The van der Waals surface area contributed by atoms with Crippen LogP contribution in [0.5, 0.6) is 11.5 Å². The van der Waals surface area contributed by atoms with E-state index in [-0.39, 0.29) is 0 Å². The van der Waals surface area contributed by atoms with Crippen molar-refractivity contribution in [2.75, 3.05) is 18.6 Å². The molecule has 0 heterocycles. The molecule has 1 N–H and O–H groups in total. The Bertz CT molecular complexity index is 1100. The van der Waals surface area contributed by atoms with Crippen molar-refractivity contribution in [3.05, 3.63) is 88.5 Å². The van der Waals surface area contributed by atoms with Crippen molar-refractivity contribution in [3.63, 3.8) is 0 Å². The number of hydrogen-bond acceptors (Lipinski definition) is 3. The number of methoxy groups -OCH3 is 1. The zero-order chi connectivity index (χ0) is 24.8. The van der Waals surface area contributed by atoms with Gasteiger partial charge in [-0.2, -0.15) is 0 Å². The van der Waals surface area contributed by atoms with Crippen molar-refractivity contribution in [1.29, 1.82) is 0 Å². The predicted octanol–water partition coefficient (Wildman–Crippen LogP) is 7.68. The molecule has 186 valence electrons. The van der Waals surface area contributed by atoms with Gasteiger partial charge in [-0.05, 0) is 96.9 Å². The second-order valence-electron chi connectivity index (χ2n) is 10.4. The lowest BCUT2D eigenvalue weighted by molar-refractivity contribution is 0.414. The maximum Gasteiger partial charge on any atom is 0.120 e. The Balaban J connectivity index is 1.54. The Labute approximate surface area is 211 Å². The Morgan fingerprint density at radius 1 is 0.971 bits per heavy atom. The van der Waals surface area contributed by atoms with Crippen LogP contribution < -0.4 is 9.64 Å². The maximum atomic E-state index is 9.88. The summed E-state index contributed by atoms with van der Waals surface area (Å²) in [5.74, 6) is 2.51. The van der Waals surface area contributed by atoms with E-state index in [1.807, 2.05) is 12.1 Å². The van der Waals surface area contributed by atoms with Gasteiger partial charge in [0.25, 0.3) is 0 Å². The lowest BCUT2D eigenvalue weighted by Crippen LogP contribution is -2.25. The lowest BCUT2D eigenvalue weighted by Gasteiger charge is -2.32. The fourth-order valence-electron chi connectivity index (χ4n) is 5.39. The van der Waals surface area contributed by atoms with Gasteiger partial charge in [0.15, 0.2) is 0 Å². The molecule has 0 spiro atoms. The van der Waals surface area contributed by atoms with E-state index in [0.717, 1.165) is 50.4 Å². The summed E-state index contributed by atoms with van der Waals surface area (Å²) in [5, 5.41) is 9.88. The van der Waals surface area contributed by atoms with E-state index < -0.39 is 0 Å². The molecule has 0 saturated heterocycles. The summed E-state index contributed by atoms with van der Waals surface area (Å²) >= 11 is 0. The van der Waals surface area contributed by atoms with E-state index in [1.54, 1.807) is 7.11 Å². The van der Waals surface area contributed by atoms with Crippen LogP contribution in [0.4, 0.5) is 5.69 Å². The molecule has 0 aromatic heterocycles. The molecule has 4 rings (SSSR count). The van der Waals surface area contributed by atoms with Gasteiger partial charge in [-0.15, -0.1) is 0 Å². The molecule has 3 aromatic rings. The Kier molecular flexibility index (Phi) is 8.38. The molecule has 1 atom stereocenters. The van der Waals surface area contributed by atoms with Crippen LogP contribution in [0.15, 0.2) is 60.7 Å². The van der Waals surface area contributed by atoms with E-state index in [2.05, 4.69) is 74.2 Å². The van der Waals surface area contributed by atoms with Gasteiger partial charge < -0.3 is 14.7 Å². The molecule has 35 heavy (non-hydrogen) atoms. The molecule has 0 saturated carbocycles. The summed E-state index contributed by atoms with van der Waals surface area (Å²) in [6.45, 7) is 8.66. The smallest absolute Gasteiger partial charge is 0.120 e. The summed E-state index contributed by atoms with van der Waals surface area (Å²) in [7, 11) is 1.75. The average Bonchev–Trinajstić information content (AvgIpc) is 2.87. The summed E-state index contributed by atoms with van der Waals surface area (Å²) in [4.78, 5) is 2.48. The van der Waals surface area contributed by atoms with Crippen molar-refractivity contribution in [1.82, 2.24) is 0 Å². The highest BCUT2D eigenvalue weighted by molar-refractivity contribution is 5.60. The molecule has 3 nitrogen and oxygen atoms in total. The highest BCUT2D eigenvalue weighted by Crippen LogP contribution is 2.40. The summed E-state index contributed by atoms with van der Waals surface area (Å²) in [6.07, 6.45) is 6.82. The monoisotopic (exact) mass is 471 g/mol. The SMILES string of the molecule is CCN(Cc1ccc(CCCC(C)C)cc1)c1cc(OC)ccc1[C@@H]1CCc2cc(O)ccc2C1. The quantitative estimate of drug-likeness (QED) is 0.329. The van der Waals surface area contributed by atoms with Gasteiger partial charge in [-0.25, -0.2) is 0 Å². The van der Waals surface area contributed by atoms with Gasteiger partial charge >= 0.3 is 0 Å². The van der Waals surface area contributed by atoms with Crippen molar-refractivity contribution < 1.29 is 9.84 Å². The third-order valence-corrected chi connectivity index (χ3v) is 7.46. The van der Waals surface area contributed by atoms with Crippen molar-refractivity contribution in [2.45, 2.75) is 71.8 Å². The van der Waals surface area contributed by atoms with Gasteiger partial charge in [0, 0.05) is 24.8 Å². The van der Waals surface area contributed by atoms with Crippen LogP contribution in [0.1, 0.15) is 73.8 Å². The fraction of sp³-hybridized carbons (Fsp3) is 0.438. The number of hydrogen-bond donors (Lipinski definition) is 1. The minimum atomic E-state index is 0.371. The van der Waals surface area contributed by atoms with Crippen molar-refractivity contribution in [3.8, 4) is 11.5 Å². The molecule has 0 fully saturated rings. The third kappa shape index (κ3) is 6.39. The van der Waals surface area contributed by atoms with E-state index in [9.17, 15) is 5.11 Å². The van der Waals surface area contributed by atoms with Crippen molar-refractivity contribution in [2.24, 2.45) is 5.92 Å². The van der Waals surface area contributed by atoms with E-state index in [4.69, 9.17) is 4.74 Å². The normalized spacial score (nSPS) is 15.2. The van der Waals surface area contributed by atoms with Crippen LogP contribution in [0.3, 0.4) is 0 Å². The van der Waals surface area contributed by atoms with Gasteiger partial charge in [-0.3, -0.25) is 0 Å². The van der Waals surface area contributed by atoms with Gasteiger partial charge in [0.1, 0.15) is 11.5 Å². The zero-order valence-electron chi connectivity index (χ0n) is 21.9. The van der Waals surface area contributed by atoms with Crippen LogP contribution >= 0.6 is 0 Å². The van der Waals surface area contributed by atoms with Crippen LogP contribution in [-0.4, -0.2) is 18.8 Å². The molecular weight excluding hydrogens is 430 g/mol. The summed E-state index contributed by atoms with van der Waals surface area (Å²) in [5.41, 5.74) is 8.11. The molecule has 0 unspecified atom stereocenters. The van der Waals surface area contributed by atoms with Crippen LogP contribution in [0.2, 0.25) is 0 Å². The van der Waals surface area contributed by atoms with E-state index in [0.29, 0.717) is 11.7 Å². The molecule has 3 aromatic carbocycles. The molecule has 0 amide bonds. The molecule has 0 radical (unpaired) electrons. The third-order valence-electron chi connectivity index (χ3n) is 7.46. The number of aryl methyl sites for hydroxylation is 2. The Hall–Kier alpha value is -2.94. The Morgan fingerprint density at radius 2 is 1.74 bits per heavy atom. The standard InChI is InChI=1S/C32H41NO2/c1-5-33(22-25-11-9-24(10-12-25)8-6-7-23(2)3)32-21-30(35-4)17-18-31(32)28-14-13-27-20-29(34)16-15-26(27)19-28/h9-12,15-18,20-21,23,28,34H,5-8,13-14,19,22H2,1-4H3/t28-/m1/s1. The number of fused-ring (bicyclic) bond motifs is 1. The second-order valence-corrected chi connectivity index (χ2v) is 10.4. The van der Waals surface area contributed by atoms with Gasteiger partial charge in [0.2, 0.25) is 0 Å². The van der Waals surface area contributed by atoms with Gasteiger partial charge in [0.05, 0.1) is 7.11 Å². The number of rotatable bonds is 10. The molecule has 1 aliphatic rings. The first-order chi connectivity index (χ1) is 17.0. The average molecular weight is 472 g/mol. The minimum absolute atomic E-state index is 0.371. The van der Waals surface area contributed by atoms with E-state index in [1.165, 1.54) is 46.3 Å². The highest BCUT2D eigenvalue weighted by atomic mass is 16.5. The number of nitrogens with zero attached hydrogens (tertiary/aromatic N) is 1. The van der Waals surface area contributed by atoms with Crippen LogP contribution in [0.25, 0.3) is 0 Å². The summed E-state index contributed by atoms with van der Waals surface area (Å²) < 4.78 is 5.63. The highest BCUT2D eigenvalue weighted by Gasteiger charge is 2.24. The number of phenols is 1. The molecular formula is C32H41NO2. The number of phenolic OH excluding ortho intramolecular Hbond substituents is 1. The summed E-state index contributed by atoms with van der Waals surface area (Å²) in [6, 6.07) is 21.7. The largest absolute Gasteiger partial charge is 0.508 e. The second kappa shape index (κ2) is 11.7. The number of benzene rings is 3. The first-order valence-corrected chi connectivity index (χ1v) is 13.3. The van der Waals surface area contributed by atoms with Crippen molar-refractivity contribution >= 4 is 5.69 Å². The molecule has 3 heteroatoms. The molecule has 0 bridgehead atoms. The number of aromatic hydroxyl groups is 1. The van der Waals surface area contributed by atoms with Crippen LogP contribution in [-0.2, 0) is 25.8 Å². The molecule has 0 aliphatic heterocycles. The zero-order valence-corrected chi connectivity index (χ0v) is 21.9. The number of ether oxygens (including phenoxy) is 1. The lowest BCUT2D eigenvalue weighted by atomic mass is 9.79. The first kappa shape index (κ1) is 25.2. The maximum absolute atomic E-state index is 9.88. The molecule has 1 aliphatic carbocycles. The van der Waals surface area contributed by atoms with Gasteiger partial charge in [-0.1, -0.05) is 56.7 Å². The Morgan fingerprint density at radius 3 is 2.46 bits per heavy atom. The predicted molar refractivity (Wildman–Crippen MR) is 147 cm³/mol. The van der Waals surface area contributed by atoms with E-state index >= 15 is 0 Å². The minimum Gasteiger partial charge on any atom is -0.508 e. The number of anilines is 1. The van der Waals surface area contributed by atoms with Crippen LogP contribution in [0, 0.1) is 5.92 Å². The first-order valence-electron chi connectivity index (χ1n) is 13.3.